The van der Waals surface area contributed by atoms with Crippen LogP contribution in [-0.4, -0.2) is 35.3 Å². The fourth-order valence-electron chi connectivity index (χ4n) is 1.01. The molecule has 0 fully saturated rings. The van der Waals surface area contributed by atoms with Crippen LogP contribution in [0, 0.1) is 0 Å². The van der Waals surface area contributed by atoms with E-state index in [1.807, 2.05) is 0 Å². The Morgan fingerprint density at radius 3 is 2.24 bits per heavy atom. The van der Waals surface area contributed by atoms with Crippen LogP contribution in [0.3, 0.4) is 0 Å². The number of hydrogen-bond donors (Lipinski definition) is 0. The lowest BCUT2D eigenvalue weighted by molar-refractivity contribution is -0.110. The molecule has 0 aliphatic carbocycles. The smallest absolute Gasteiger partial charge is 0.278 e. The van der Waals surface area contributed by atoms with E-state index in [2.05, 4.69) is 0 Å². The van der Waals surface area contributed by atoms with Crippen molar-refractivity contribution < 1.29 is 26.7 Å². The zero-order chi connectivity index (χ0) is 13.6. The number of rotatable bonds is 7. The normalized spacial score (nSPS) is 17.6. The molecule has 0 rings (SSSR count). The van der Waals surface area contributed by atoms with Crippen molar-refractivity contribution in [2.24, 2.45) is 0 Å². The summed E-state index contributed by atoms with van der Waals surface area (Å²) >= 11 is 0.786. The van der Waals surface area contributed by atoms with E-state index in [1.165, 1.54) is 0 Å². The van der Waals surface area contributed by atoms with Gasteiger partial charge in [-0.3, -0.25) is 4.79 Å². The van der Waals surface area contributed by atoms with E-state index in [1.54, 1.807) is 6.92 Å². The van der Waals surface area contributed by atoms with Gasteiger partial charge < -0.3 is 0 Å². The molecule has 17 heavy (non-hydrogen) atoms. The zero-order valence-electron chi connectivity index (χ0n) is 9.56. The van der Waals surface area contributed by atoms with Crippen LogP contribution in [0.25, 0.3) is 0 Å². The molecule has 0 radical (unpaired) electrons. The van der Waals surface area contributed by atoms with E-state index in [0.717, 1.165) is 11.8 Å². The summed E-state index contributed by atoms with van der Waals surface area (Å²) in [7, 11) is 0. The first-order valence-electron chi connectivity index (χ1n) is 5.15. The molecule has 0 amide bonds. The summed E-state index contributed by atoms with van der Waals surface area (Å²) in [4.78, 5) is 10.8. The van der Waals surface area contributed by atoms with Crippen molar-refractivity contribution in [3.05, 3.63) is 0 Å². The maximum Gasteiger partial charge on any atom is 0.278 e. The number of alkyl halides is 5. The van der Waals surface area contributed by atoms with Crippen LogP contribution in [0.1, 0.15) is 26.7 Å². The van der Waals surface area contributed by atoms with E-state index < -0.39 is 30.9 Å². The first-order valence-corrected chi connectivity index (χ1v) is 6.14. The summed E-state index contributed by atoms with van der Waals surface area (Å²) in [6, 6.07) is 0. The van der Waals surface area contributed by atoms with Gasteiger partial charge in [0, 0.05) is 19.1 Å². The van der Waals surface area contributed by atoms with Crippen molar-refractivity contribution in [2.75, 3.05) is 5.75 Å². The van der Waals surface area contributed by atoms with Gasteiger partial charge in [-0.15, -0.1) is 0 Å². The maximum atomic E-state index is 13.1. The van der Waals surface area contributed by atoms with Crippen LogP contribution >= 0.6 is 11.8 Å². The van der Waals surface area contributed by atoms with Crippen LogP contribution in [0.4, 0.5) is 22.0 Å². The van der Waals surface area contributed by atoms with Crippen molar-refractivity contribution in [3.8, 4) is 0 Å². The number of thioether (sulfide) groups is 1. The van der Waals surface area contributed by atoms with Crippen molar-refractivity contribution in [3.63, 3.8) is 0 Å². The zero-order valence-corrected chi connectivity index (χ0v) is 10.4. The van der Waals surface area contributed by atoms with Crippen LogP contribution in [0.5, 0.6) is 0 Å². The standard InChI is InChI=1S/C10H15F5OS/c1-3-7(16)17-5-4-6(11)8(12)9(13)10(2,14)15/h6,8-9H,3-5H2,1-2H3. The molecule has 0 aliphatic rings. The Balaban J connectivity index is 4.06. The fraction of sp³-hybridized carbons (Fsp3) is 0.900. The Morgan fingerprint density at radius 2 is 1.82 bits per heavy atom. The molecule has 102 valence electrons. The third-order valence-electron chi connectivity index (χ3n) is 2.05. The quantitative estimate of drug-likeness (QED) is 0.660. The summed E-state index contributed by atoms with van der Waals surface area (Å²) in [6.07, 6.45) is -8.57. The SMILES string of the molecule is CCC(=O)SCCC(F)C(F)C(F)C(C)(F)F. The minimum atomic E-state index is -3.91. The third kappa shape index (κ3) is 6.24. The molecule has 3 atom stereocenters. The Bertz CT molecular complexity index is 243. The van der Waals surface area contributed by atoms with Crippen LogP contribution in [0.2, 0.25) is 0 Å². The molecule has 0 bridgehead atoms. The highest BCUT2D eigenvalue weighted by Crippen LogP contribution is 2.28. The van der Waals surface area contributed by atoms with Gasteiger partial charge in [-0.25, -0.2) is 22.0 Å². The largest absolute Gasteiger partial charge is 0.287 e. The summed E-state index contributed by atoms with van der Waals surface area (Å²) in [6.45, 7) is 1.81. The molecule has 1 nitrogen and oxygen atoms in total. The highest BCUT2D eigenvalue weighted by atomic mass is 32.2. The Labute approximate surface area is 101 Å². The van der Waals surface area contributed by atoms with Crippen molar-refractivity contribution in [1.29, 1.82) is 0 Å². The number of carbonyl (C=O) groups is 1. The second-order valence-electron chi connectivity index (χ2n) is 3.68. The number of hydrogen-bond acceptors (Lipinski definition) is 2. The van der Waals surface area contributed by atoms with Gasteiger partial charge in [0.1, 0.15) is 6.17 Å². The summed E-state index contributed by atoms with van der Waals surface area (Å²) in [5.41, 5.74) is 0. The van der Waals surface area contributed by atoms with E-state index in [0.29, 0.717) is 0 Å². The molecule has 0 aromatic heterocycles. The lowest BCUT2D eigenvalue weighted by Crippen LogP contribution is -2.40. The predicted octanol–water partition coefficient (Wildman–Crippen LogP) is 3.72. The molecule has 0 heterocycles. The van der Waals surface area contributed by atoms with E-state index >= 15 is 0 Å². The summed E-state index contributed by atoms with van der Waals surface area (Å²) in [5, 5.41) is -0.203. The Hall–Kier alpha value is -0.330. The van der Waals surface area contributed by atoms with Gasteiger partial charge in [0.2, 0.25) is 0 Å². The van der Waals surface area contributed by atoms with Gasteiger partial charge in [0.05, 0.1) is 0 Å². The van der Waals surface area contributed by atoms with Crippen molar-refractivity contribution in [2.45, 2.75) is 51.1 Å². The molecule has 7 heteroatoms. The van der Waals surface area contributed by atoms with Crippen LogP contribution < -0.4 is 0 Å². The molecule has 0 N–H and O–H groups in total. The molecule has 0 spiro atoms. The van der Waals surface area contributed by atoms with Gasteiger partial charge >= 0.3 is 0 Å². The fourth-order valence-corrected chi connectivity index (χ4v) is 1.78. The highest BCUT2D eigenvalue weighted by Gasteiger charge is 2.44. The minimum Gasteiger partial charge on any atom is -0.287 e. The molecule has 0 aliphatic heterocycles. The second kappa shape index (κ2) is 7.18. The second-order valence-corrected chi connectivity index (χ2v) is 4.83. The Morgan fingerprint density at radius 1 is 1.29 bits per heavy atom. The highest BCUT2D eigenvalue weighted by molar-refractivity contribution is 8.13. The molecule has 0 saturated heterocycles. The van der Waals surface area contributed by atoms with E-state index in [9.17, 15) is 26.7 Å². The molecule has 0 aromatic rings. The van der Waals surface area contributed by atoms with Crippen LogP contribution in [-0.2, 0) is 4.79 Å². The maximum absolute atomic E-state index is 13.1. The topological polar surface area (TPSA) is 17.1 Å². The average molecular weight is 278 g/mol. The first-order chi connectivity index (χ1) is 7.70. The molecule has 3 unspecified atom stereocenters. The molecular formula is C10H15F5OS. The van der Waals surface area contributed by atoms with Gasteiger partial charge in [0.25, 0.3) is 5.92 Å². The number of carbonyl (C=O) groups excluding carboxylic acids is 1. The number of halogens is 5. The third-order valence-corrected chi connectivity index (χ3v) is 3.11. The molecule has 0 saturated carbocycles. The molecular weight excluding hydrogens is 263 g/mol. The molecule has 0 aromatic carbocycles. The first kappa shape index (κ1) is 16.7. The van der Waals surface area contributed by atoms with E-state index in [4.69, 9.17) is 0 Å². The van der Waals surface area contributed by atoms with Crippen molar-refractivity contribution in [1.82, 2.24) is 0 Å². The van der Waals surface area contributed by atoms with Crippen LogP contribution in [0.15, 0.2) is 0 Å². The van der Waals surface area contributed by atoms with Gasteiger partial charge in [0.15, 0.2) is 17.5 Å². The summed E-state index contributed by atoms with van der Waals surface area (Å²) < 4.78 is 63.6. The van der Waals surface area contributed by atoms with Crippen molar-refractivity contribution >= 4 is 16.9 Å². The summed E-state index contributed by atoms with van der Waals surface area (Å²) in [5.74, 6) is -3.95. The van der Waals surface area contributed by atoms with Gasteiger partial charge in [-0.1, -0.05) is 18.7 Å². The predicted molar refractivity (Wildman–Crippen MR) is 57.7 cm³/mol. The minimum absolute atomic E-state index is 0.0454. The lowest BCUT2D eigenvalue weighted by Gasteiger charge is -2.21. The van der Waals surface area contributed by atoms with E-state index in [-0.39, 0.29) is 24.2 Å². The van der Waals surface area contributed by atoms with Gasteiger partial charge in [-0.05, 0) is 6.42 Å². The monoisotopic (exact) mass is 278 g/mol. The van der Waals surface area contributed by atoms with Gasteiger partial charge in [-0.2, -0.15) is 0 Å². The lowest BCUT2D eigenvalue weighted by atomic mass is 10.1. The Kier molecular flexibility index (Phi) is 7.04. The average Bonchev–Trinajstić information content (AvgIpc) is 2.25.